The summed E-state index contributed by atoms with van der Waals surface area (Å²) in [5.41, 5.74) is 4.96. The van der Waals surface area contributed by atoms with Gasteiger partial charge < -0.3 is 19.3 Å². The highest BCUT2D eigenvalue weighted by molar-refractivity contribution is 5.77. The minimum atomic E-state index is 0.767. The number of hydrogen-bond donors (Lipinski definition) is 0. The Labute approximate surface area is 163 Å². The van der Waals surface area contributed by atoms with E-state index >= 15 is 0 Å². The first-order valence-corrected chi connectivity index (χ1v) is 9.99. The molecule has 0 spiro atoms. The molecule has 1 fully saturated rings. The second kappa shape index (κ2) is 9.77. The zero-order valence-electron chi connectivity index (χ0n) is 16.9. The van der Waals surface area contributed by atoms with Crippen molar-refractivity contribution in [2.24, 2.45) is 0 Å². The molecule has 0 amide bonds. The van der Waals surface area contributed by atoms with Gasteiger partial charge in [0.2, 0.25) is 0 Å². The molecule has 0 saturated carbocycles. The molecule has 0 aromatic heterocycles. The minimum Gasteiger partial charge on any atom is -0.496 e. The van der Waals surface area contributed by atoms with Gasteiger partial charge in [0, 0.05) is 51.1 Å². The summed E-state index contributed by atoms with van der Waals surface area (Å²) in [5, 5.41) is 0. The van der Waals surface area contributed by atoms with Crippen LogP contribution in [0, 0.1) is 0 Å². The summed E-state index contributed by atoms with van der Waals surface area (Å²) in [6.45, 7) is 8.55. The fraction of sp³-hybridized carbons (Fsp3) is 0.478. The number of rotatable bonds is 8. The number of likely N-dealkylation sites (N-methyl/N-ethyl adjacent to an activating group) is 1. The second-order valence-corrected chi connectivity index (χ2v) is 7.07. The highest BCUT2D eigenvalue weighted by Crippen LogP contribution is 2.38. The molecule has 146 valence electrons. The molecular weight excluding hydrogens is 336 g/mol. The Morgan fingerprint density at radius 1 is 0.963 bits per heavy atom. The predicted octanol–water partition coefficient (Wildman–Crippen LogP) is 4.08. The molecule has 1 aliphatic rings. The van der Waals surface area contributed by atoms with Gasteiger partial charge in [-0.3, -0.25) is 0 Å². The predicted molar refractivity (Wildman–Crippen MR) is 113 cm³/mol. The third-order valence-electron chi connectivity index (χ3n) is 5.42. The number of hydrogen-bond acceptors (Lipinski definition) is 4. The Bertz CT molecular complexity index is 710. The number of methoxy groups -OCH3 is 2. The number of benzene rings is 2. The fourth-order valence-electron chi connectivity index (χ4n) is 3.84. The topological polar surface area (TPSA) is 24.9 Å². The van der Waals surface area contributed by atoms with Crippen LogP contribution in [0.15, 0.2) is 42.5 Å². The van der Waals surface area contributed by atoms with Crippen LogP contribution in [0.1, 0.15) is 18.9 Å². The largest absolute Gasteiger partial charge is 0.496 e. The maximum atomic E-state index is 5.87. The van der Waals surface area contributed by atoms with Crippen LogP contribution in [0.4, 0.5) is 5.69 Å². The Hall–Kier alpha value is -2.04. The monoisotopic (exact) mass is 368 g/mol. The number of anilines is 1. The first kappa shape index (κ1) is 19.7. The van der Waals surface area contributed by atoms with Crippen molar-refractivity contribution in [1.29, 1.82) is 0 Å². The van der Waals surface area contributed by atoms with Gasteiger partial charge in [0.05, 0.1) is 7.11 Å². The quantitative estimate of drug-likeness (QED) is 0.656. The molecule has 0 bridgehead atoms. The Balaban J connectivity index is 1.96. The zero-order valence-corrected chi connectivity index (χ0v) is 16.9. The second-order valence-electron chi connectivity index (χ2n) is 7.07. The van der Waals surface area contributed by atoms with E-state index in [1.165, 1.54) is 22.4 Å². The molecule has 0 aliphatic carbocycles. The molecule has 0 radical (unpaired) electrons. The lowest BCUT2D eigenvalue weighted by molar-refractivity contribution is 0.195. The van der Waals surface area contributed by atoms with Crippen molar-refractivity contribution in [3.05, 3.63) is 48.0 Å². The number of piperazine rings is 1. The summed E-state index contributed by atoms with van der Waals surface area (Å²) in [6, 6.07) is 15.2. The van der Waals surface area contributed by atoms with E-state index in [-0.39, 0.29) is 0 Å². The van der Waals surface area contributed by atoms with Crippen LogP contribution in [0.2, 0.25) is 0 Å². The van der Waals surface area contributed by atoms with Crippen LogP contribution < -0.4 is 9.64 Å². The summed E-state index contributed by atoms with van der Waals surface area (Å²) >= 11 is 0. The number of aryl methyl sites for hydroxylation is 1. The molecule has 0 N–H and O–H groups in total. The summed E-state index contributed by atoms with van der Waals surface area (Å²) in [6.07, 6.45) is 1.95. The molecule has 1 heterocycles. The van der Waals surface area contributed by atoms with Gasteiger partial charge in [0.25, 0.3) is 0 Å². The molecule has 2 aromatic rings. The van der Waals surface area contributed by atoms with Crippen molar-refractivity contribution in [2.75, 3.05) is 58.5 Å². The van der Waals surface area contributed by atoms with Crippen molar-refractivity contribution in [3.8, 4) is 16.9 Å². The van der Waals surface area contributed by atoms with Crippen LogP contribution >= 0.6 is 0 Å². The molecule has 1 aliphatic heterocycles. The summed E-state index contributed by atoms with van der Waals surface area (Å²) in [5.74, 6) is 0.994. The molecule has 0 atom stereocenters. The lowest BCUT2D eigenvalue weighted by atomic mass is 9.97. The lowest BCUT2D eigenvalue weighted by Crippen LogP contribution is -2.46. The van der Waals surface area contributed by atoms with E-state index in [1.54, 1.807) is 14.2 Å². The molecule has 3 rings (SSSR count). The third kappa shape index (κ3) is 4.82. The van der Waals surface area contributed by atoms with Crippen molar-refractivity contribution in [2.45, 2.75) is 19.8 Å². The zero-order chi connectivity index (χ0) is 19.1. The molecule has 2 aromatic carbocycles. The highest BCUT2D eigenvalue weighted by atomic mass is 16.5. The maximum Gasteiger partial charge on any atom is 0.130 e. The molecule has 4 heteroatoms. The maximum absolute atomic E-state index is 5.87. The summed E-state index contributed by atoms with van der Waals surface area (Å²) in [4.78, 5) is 5.02. The van der Waals surface area contributed by atoms with Crippen LogP contribution in [0.5, 0.6) is 5.75 Å². The van der Waals surface area contributed by atoms with E-state index in [0.717, 1.165) is 57.9 Å². The van der Waals surface area contributed by atoms with E-state index in [2.05, 4.69) is 59.2 Å². The number of ether oxygens (including phenoxy) is 2. The van der Waals surface area contributed by atoms with Gasteiger partial charge in [-0.05, 0) is 42.6 Å². The highest BCUT2D eigenvalue weighted by Gasteiger charge is 2.20. The van der Waals surface area contributed by atoms with E-state index in [1.807, 2.05) is 0 Å². The van der Waals surface area contributed by atoms with Crippen molar-refractivity contribution < 1.29 is 9.47 Å². The Morgan fingerprint density at radius 3 is 2.33 bits per heavy atom. The van der Waals surface area contributed by atoms with Gasteiger partial charge in [-0.15, -0.1) is 0 Å². The van der Waals surface area contributed by atoms with Gasteiger partial charge in [-0.25, -0.2) is 0 Å². The van der Waals surface area contributed by atoms with Gasteiger partial charge in [-0.2, -0.15) is 0 Å². The van der Waals surface area contributed by atoms with Crippen LogP contribution in [-0.4, -0.2) is 58.5 Å². The van der Waals surface area contributed by atoms with Crippen LogP contribution in [0.3, 0.4) is 0 Å². The first-order valence-electron chi connectivity index (χ1n) is 9.99. The average Bonchev–Trinajstić information content (AvgIpc) is 2.74. The third-order valence-corrected chi connectivity index (χ3v) is 5.42. The standard InChI is InChI=1S/C23H32N2O2/c1-4-24-12-14-25(15-13-24)21-17-20(11-8-16-26-2)23(27-3)22(18-21)19-9-6-5-7-10-19/h5-7,9-10,17-18H,4,8,11-16H2,1-3H3. The Morgan fingerprint density at radius 2 is 1.70 bits per heavy atom. The van der Waals surface area contributed by atoms with Gasteiger partial charge in [-0.1, -0.05) is 37.3 Å². The molecule has 27 heavy (non-hydrogen) atoms. The van der Waals surface area contributed by atoms with E-state index in [4.69, 9.17) is 9.47 Å². The molecule has 4 nitrogen and oxygen atoms in total. The van der Waals surface area contributed by atoms with Crippen LogP contribution in [0.25, 0.3) is 11.1 Å². The van der Waals surface area contributed by atoms with E-state index < -0.39 is 0 Å². The average molecular weight is 369 g/mol. The first-order chi connectivity index (χ1) is 13.3. The van der Waals surface area contributed by atoms with Crippen molar-refractivity contribution in [1.82, 2.24) is 4.90 Å². The fourth-order valence-corrected chi connectivity index (χ4v) is 3.84. The molecule has 0 unspecified atom stereocenters. The van der Waals surface area contributed by atoms with Gasteiger partial charge in [0.15, 0.2) is 0 Å². The van der Waals surface area contributed by atoms with E-state index in [9.17, 15) is 0 Å². The minimum absolute atomic E-state index is 0.767. The van der Waals surface area contributed by atoms with Crippen molar-refractivity contribution >= 4 is 5.69 Å². The Kier molecular flexibility index (Phi) is 7.13. The summed E-state index contributed by atoms with van der Waals surface area (Å²) in [7, 11) is 3.54. The number of nitrogens with zero attached hydrogens (tertiary/aromatic N) is 2. The van der Waals surface area contributed by atoms with Gasteiger partial charge >= 0.3 is 0 Å². The van der Waals surface area contributed by atoms with E-state index in [0.29, 0.717) is 0 Å². The van der Waals surface area contributed by atoms with Gasteiger partial charge in [0.1, 0.15) is 5.75 Å². The SMILES string of the molecule is CCN1CCN(c2cc(CCCOC)c(OC)c(-c3ccccc3)c2)CC1. The normalized spacial score (nSPS) is 15.1. The molecule has 1 saturated heterocycles. The van der Waals surface area contributed by atoms with Crippen molar-refractivity contribution in [3.63, 3.8) is 0 Å². The molecular formula is C23H32N2O2. The lowest BCUT2D eigenvalue weighted by Gasteiger charge is -2.36. The summed E-state index contributed by atoms with van der Waals surface area (Å²) < 4.78 is 11.1. The van der Waals surface area contributed by atoms with Crippen LogP contribution in [-0.2, 0) is 11.2 Å². The smallest absolute Gasteiger partial charge is 0.130 e.